The summed E-state index contributed by atoms with van der Waals surface area (Å²) in [5, 5.41) is 39.0. The first-order valence-electron chi connectivity index (χ1n) is 15.0. The number of hydrogen-bond donors (Lipinski definition) is 7. The Hall–Kier alpha value is -4.91. The van der Waals surface area contributed by atoms with Crippen molar-refractivity contribution in [2.24, 2.45) is 5.41 Å². The molecular weight excluding hydrogens is 594 g/mol. The standard InChI is InChI=1S/C33H43N5O8/c1-33(2,3)18-28(40)36-25(30(42)43)7-5-6-8-26(31(44)45)37-29(41)27-17-21(19-38(27)4)20-9-11-22(12-10-20)34-32(46)35-23-13-15-24(39)16-14-23/h5-6,9-16,21,25-27,39H,7-8,17-19H2,1-4H3,(H,36,40)(H,37,41)(H,42,43)(H,44,45)(H2,34,35,46)/b6-5+. The number of carbonyl (C=O) groups is 5. The first-order valence-corrected chi connectivity index (χ1v) is 15.0. The van der Waals surface area contributed by atoms with Gasteiger partial charge in [0.15, 0.2) is 0 Å². The van der Waals surface area contributed by atoms with E-state index in [1.807, 2.05) is 37.8 Å². The van der Waals surface area contributed by atoms with Crippen molar-refractivity contribution < 1.29 is 39.3 Å². The van der Waals surface area contributed by atoms with Crippen molar-refractivity contribution in [3.8, 4) is 5.75 Å². The third-order valence-corrected chi connectivity index (χ3v) is 7.47. The Morgan fingerprint density at radius 2 is 1.35 bits per heavy atom. The minimum absolute atomic E-state index is 0.00485. The van der Waals surface area contributed by atoms with E-state index in [2.05, 4.69) is 21.3 Å². The van der Waals surface area contributed by atoms with E-state index in [0.717, 1.165) is 5.56 Å². The van der Waals surface area contributed by atoms with Crippen LogP contribution in [0, 0.1) is 5.41 Å². The molecule has 7 N–H and O–H groups in total. The largest absolute Gasteiger partial charge is 0.508 e. The van der Waals surface area contributed by atoms with Crippen LogP contribution in [0.1, 0.15) is 57.9 Å². The van der Waals surface area contributed by atoms with Crippen LogP contribution in [0.25, 0.3) is 0 Å². The Morgan fingerprint density at radius 1 is 0.848 bits per heavy atom. The Labute approximate surface area is 268 Å². The molecule has 1 fully saturated rings. The van der Waals surface area contributed by atoms with Gasteiger partial charge in [-0.2, -0.15) is 0 Å². The van der Waals surface area contributed by atoms with E-state index in [0.29, 0.717) is 24.3 Å². The van der Waals surface area contributed by atoms with Crippen LogP contribution in [-0.4, -0.2) is 81.7 Å². The number of carboxylic acids is 2. The van der Waals surface area contributed by atoms with E-state index in [4.69, 9.17) is 0 Å². The van der Waals surface area contributed by atoms with Gasteiger partial charge in [-0.15, -0.1) is 0 Å². The summed E-state index contributed by atoms with van der Waals surface area (Å²) in [6, 6.07) is 9.98. The minimum atomic E-state index is -1.22. The van der Waals surface area contributed by atoms with Gasteiger partial charge in [0.05, 0.1) is 6.04 Å². The number of hydrogen-bond acceptors (Lipinski definition) is 7. The predicted octanol–water partition coefficient (Wildman–Crippen LogP) is 3.74. The lowest BCUT2D eigenvalue weighted by Crippen LogP contribution is -2.48. The summed E-state index contributed by atoms with van der Waals surface area (Å²) in [5.74, 6) is -3.13. The Bertz CT molecular complexity index is 1420. The molecule has 1 aliphatic rings. The van der Waals surface area contributed by atoms with Crippen LogP contribution in [-0.2, 0) is 19.2 Å². The summed E-state index contributed by atoms with van der Waals surface area (Å²) in [6.45, 7) is 6.18. The highest BCUT2D eigenvalue weighted by Crippen LogP contribution is 2.31. The van der Waals surface area contributed by atoms with Crippen LogP contribution in [0.2, 0.25) is 0 Å². The second-order valence-corrected chi connectivity index (χ2v) is 12.7. The molecule has 46 heavy (non-hydrogen) atoms. The molecule has 1 saturated heterocycles. The van der Waals surface area contributed by atoms with Crippen molar-refractivity contribution in [3.63, 3.8) is 0 Å². The molecule has 0 saturated carbocycles. The molecule has 248 valence electrons. The van der Waals surface area contributed by atoms with E-state index in [1.54, 1.807) is 31.3 Å². The number of phenols is 1. The lowest BCUT2D eigenvalue weighted by atomic mass is 9.92. The number of nitrogens with one attached hydrogen (secondary N) is 4. The monoisotopic (exact) mass is 637 g/mol. The number of likely N-dealkylation sites (N-methyl/N-ethyl adjacent to an activating group) is 1. The number of aliphatic carboxylic acids is 2. The highest BCUT2D eigenvalue weighted by molar-refractivity contribution is 5.99. The maximum atomic E-state index is 13.1. The van der Waals surface area contributed by atoms with Crippen LogP contribution in [0.5, 0.6) is 5.75 Å². The summed E-state index contributed by atoms with van der Waals surface area (Å²) < 4.78 is 0. The molecule has 0 aliphatic carbocycles. The molecule has 4 atom stereocenters. The summed E-state index contributed by atoms with van der Waals surface area (Å²) in [6.07, 6.45) is 3.52. The van der Waals surface area contributed by atoms with Gasteiger partial charge >= 0.3 is 18.0 Å². The molecule has 0 aromatic heterocycles. The van der Waals surface area contributed by atoms with Crippen molar-refractivity contribution in [1.29, 1.82) is 0 Å². The number of phenolic OH excluding ortho intramolecular Hbond substituents is 1. The van der Waals surface area contributed by atoms with E-state index < -0.39 is 42.0 Å². The van der Waals surface area contributed by atoms with E-state index in [-0.39, 0.29) is 42.3 Å². The molecule has 0 radical (unpaired) electrons. The van der Waals surface area contributed by atoms with Gasteiger partial charge in [-0.25, -0.2) is 14.4 Å². The van der Waals surface area contributed by atoms with E-state index in [9.17, 15) is 39.3 Å². The number of carboxylic acid groups (broad SMARTS) is 2. The molecule has 13 nitrogen and oxygen atoms in total. The first-order chi connectivity index (χ1) is 21.6. The fourth-order valence-corrected chi connectivity index (χ4v) is 5.13. The molecule has 1 heterocycles. The van der Waals surface area contributed by atoms with Gasteiger partial charge < -0.3 is 36.6 Å². The number of anilines is 2. The molecule has 3 rings (SSSR count). The van der Waals surface area contributed by atoms with Crippen molar-refractivity contribution in [2.45, 2.75) is 70.5 Å². The normalized spacial score (nSPS) is 18.0. The Balaban J connectivity index is 1.51. The maximum absolute atomic E-state index is 13.1. The van der Waals surface area contributed by atoms with Crippen LogP contribution >= 0.6 is 0 Å². The first kappa shape index (κ1) is 35.6. The second-order valence-electron chi connectivity index (χ2n) is 12.7. The summed E-state index contributed by atoms with van der Waals surface area (Å²) in [5.41, 5.74) is 1.75. The maximum Gasteiger partial charge on any atom is 0.326 e. The molecular formula is C33H43N5O8. The number of nitrogens with zero attached hydrogens (tertiary/aromatic N) is 1. The SMILES string of the molecule is CN1CC(c2ccc(NC(=O)Nc3ccc(O)cc3)cc2)CC1C(=O)NC(C/C=C/CC(NC(=O)CC(C)(C)C)C(=O)O)C(=O)O. The highest BCUT2D eigenvalue weighted by Gasteiger charge is 2.36. The minimum Gasteiger partial charge on any atom is -0.508 e. The topological polar surface area (TPSA) is 197 Å². The smallest absolute Gasteiger partial charge is 0.326 e. The Kier molecular flexibility index (Phi) is 12.3. The molecule has 2 aromatic carbocycles. The van der Waals surface area contributed by atoms with Crippen LogP contribution in [0.4, 0.5) is 16.2 Å². The van der Waals surface area contributed by atoms with Crippen molar-refractivity contribution in [1.82, 2.24) is 15.5 Å². The molecule has 0 spiro atoms. The third kappa shape index (κ3) is 11.2. The number of urea groups is 1. The number of carbonyl (C=O) groups excluding carboxylic acids is 3. The van der Waals surface area contributed by atoms with Crippen molar-refractivity contribution >= 4 is 41.2 Å². The van der Waals surface area contributed by atoms with Gasteiger partial charge in [0.2, 0.25) is 11.8 Å². The summed E-state index contributed by atoms with van der Waals surface area (Å²) >= 11 is 0. The van der Waals surface area contributed by atoms with Gasteiger partial charge in [-0.1, -0.05) is 45.1 Å². The van der Waals surface area contributed by atoms with Crippen molar-refractivity contribution in [3.05, 3.63) is 66.2 Å². The zero-order chi connectivity index (χ0) is 34.0. The lowest BCUT2D eigenvalue weighted by Gasteiger charge is -2.21. The van der Waals surface area contributed by atoms with E-state index in [1.165, 1.54) is 24.3 Å². The van der Waals surface area contributed by atoms with Gasteiger partial charge in [0.1, 0.15) is 17.8 Å². The number of rotatable bonds is 13. The summed E-state index contributed by atoms with van der Waals surface area (Å²) in [7, 11) is 1.80. The van der Waals surface area contributed by atoms with Gasteiger partial charge in [0.25, 0.3) is 0 Å². The number of aromatic hydroxyl groups is 1. The fourth-order valence-electron chi connectivity index (χ4n) is 5.13. The highest BCUT2D eigenvalue weighted by atomic mass is 16.4. The van der Waals surface area contributed by atoms with E-state index >= 15 is 0 Å². The van der Waals surface area contributed by atoms with Gasteiger partial charge in [0, 0.05) is 24.3 Å². The third-order valence-electron chi connectivity index (χ3n) is 7.47. The van der Waals surface area contributed by atoms with Crippen molar-refractivity contribution in [2.75, 3.05) is 24.2 Å². The predicted molar refractivity (Wildman–Crippen MR) is 173 cm³/mol. The average Bonchev–Trinajstić information content (AvgIpc) is 3.35. The second kappa shape index (κ2) is 15.9. The quantitative estimate of drug-likeness (QED) is 0.126. The van der Waals surface area contributed by atoms with Gasteiger partial charge in [-0.3, -0.25) is 14.5 Å². The van der Waals surface area contributed by atoms with Crippen LogP contribution in [0.15, 0.2) is 60.7 Å². The van der Waals surface area contributed by atoms with Crippen LogP contribution in [0.3, 0.4) is 0 Å². The fraction of sp³-hybridized carbons (Fsp3) is 0.424. The van der Waals surface area contributed by atoms with Gasteiger partial charge in [-0.05, 0) is 79.6 Å². The number of amides is 4. The molecule has 4 unspecified atom stereocenters. The summed E-state index contributed by atoms with van der Waals surface area (Å²) in [4.78, 5) is 62.9. The molecule has 0 bridgehead atoms. The molecule has 4 amide bonds. The Morgan fingerprint density at radius 3 is 1.85 bits per heavy atom. The molecule has 13 heteroatoms. The van der Waals surface area contributed by atoms with Crippen LogP contribution < -0.4 is 21.3 Å². The molecule has 2 aromatic rings. The molecule has 1 aliphatic heterocycles. The number of likely N-dealkylation sites (tertiary alicyclic amines) is 1. The average molecular weight is 638 g/mol. The zero-order valence-corrected chi connectivity index (χ0v) is 26.4. The lowest BCUT2D eigenvalue weighted by molar-refractivity contribution is -0.142. The zero-order valence-electron chi connectivity index (χ0n) is 26.4. The number of benzene rings is 2.